The number of aromatic nitrogens is 1. The molecule has 1 atom stereocenters. The van der Waals surface area contributed by atoms with Gasteiger partial charge in [0.2, 0.25) is 11.7 Å². The molecule has 1 heterocycles. The van der Waals surface area contributed by atoms with E-state index in [2.05, 4.69) is 10.3 Å². The zero-order valence-corrected chi connectivity index (χ0v) is 10.1. The van der Waals surface area contributed by atoms with Crippen molar-refractivity contribution in [2.24, 2.45) is 11.7 Å². The first-order chi connectivity index (χ1) is 8.32. The van der Waals surface area contributed by atoms with Gasteiger partial charge in [-0.25, -0.2) is 4.98 Å². The van der Waals surface area contributed by atoms with Crippen LogP contribution in [0.2, 0.25) is 0 Å². The Balaban J connectivity index is 3.12. The van der Waals surface area contributed by atoms with Crippen molar-refractivity contribution in [1.29, 1.82) is 0 Å². The third kappa shape index (κ3) is 3.06. The topological polar surface area (TPSA) is 137 Å². The number of nitrogens with zero attached hydrogens (tertiary/aromatic N) is 2. The lowest BCUT2D eigenvalue weighted by atomic mass is 10.0. The van der Waals surface area contributed by atoms with Crippen molar-refractivity contribution >= 4 is 23.2 Å². The van der Waals surface area contributed by atoms with Gasteiger partial charge in [0.25, 0.3) is 0 Å². The molecule has 0 aliphatic rings. The molecule has 0 bridgehead atoms. The van der Waals surface area contributed by atoms with Crippen LogP contribution < -0.4 is 16.8 Å². The van der Waals surface area contributed by atoms with Gasteiger partial charge in [0, 0.05) is 6.07 Å². The summed E-state index contributed by atoms with van der Waals surface area (Å²) in [5.74, 6) is -0.679. The van der Waals surface area contributed by atoms with Crippen LogP contribution in [0.4, 0.5) is 17.3 Å². The summed E-state index contributed by atoms with van der Waals surface area (Å²) in [5.41, 5.74) is 10.4. The van der Waals surface area contributed by atoms with Crippen molar-refractivity contribution in [3.8, 4) is 0 Å². The van der Waals surface area contributed by atoms with Crippen molar-refractivity contribution in [2.45, 2.75) is 19.9 Å². The number of nitro groups is 1. The maximum atomic E-state index is 11.2. The standard InChI is InChI=1S/C10H15N5O3/c1-5(2)8(9(12)16)14-10-6(15(17)18)3-4-7(11)13-10/h3-5,8H,1-2H3,(H2,12,16)(H3,11,13,14). The van der Waals surface area contributed by atoms with Crippen LogP contribution in [-0.2, 0) is 4.79 Å². The Labute approximate surface area is 104 Å². The molecule has 1 aromatic rings. The number of hydrogen-bond donors (Lipinski definition) is 3. The van der Waals surface area contributed by atoms with Crippen LogP contribution in [0.3, 0.4) is 0 Å². The monoisotopic (exact) mass is 253 g/mol. The van der Waals surface area contributed by atoms with Gasteiger partial charge in [0.1, 0.15) is 11.9 Å². The minimum absolute atomic E-state index is 0.0579. The maximum Gasteiger partial charge on any atom is 0.311 e. The summed E-state index contributed by atoms with van der Waals surface area (Å²) in [6.07, 6.45) is 0. The van der Waals surface area contributed by atoms with Crippen molar-refractivity contribution in [3.63, 3.8) is 0 Å². The van der Waals surface area contributed by atoms with E-state index in [0.29, 0.717) is 0 Å². The molecule has 18 heavy (non-hydrogen) atoms. The fraction of sp³-hybridized carbons (Fsp3) is 0.400. The summed E-state index contributed by atoms with van der Waals surface area (Å²) in [7, 11) is 0. The number of nitrogens with two attached hydrogens (primary N) is 2. The number of carbonyl (C=O) groups excluding carboxylic acids is 1. The average molecular weight is 253 g/mol. The summed E-state index contributed by atoms with van der Waals surface area (Å²) in [4.78, 5) is 25.3. The predicted octanol–water partition coefficient (Wildman–Crippen LogP) is 0.494. The highest BCUT2D eigenvalue weighted by Crippen LogP contribution is 2.24. The van der Waals surface area contributed by atoms with Gasteiger partial charge in [0.15, 0.2) is 0 Å². The lowest BCUT2D eigenvalue weighted by molar-refractivity contribution is -0.384. The van der Waals surface area contributed by atoms with E-state index in [4.69, 9.17) is 11.5 Å². The van der Waals surface area contributed by atoms with E-state index in [1.807, 2.05) is 0 Å². The lowest BCUT2D eigenvalue weighted by Gasteiger charge is -2.19. The van der Waals surface area contributed by atoms with Crippen LogP contribution in [0.25, 0.3) is 0 Å². The molecule has 98 valence electrons. The minimum atomic E-state index is -0.752. The molecule has 8 heteroatoms. The zero-order valence-electron chi connectivity index (χ0n) is 10.1. The van der Waals surface area contributed by atoms with Crippen molar-refractivity contribution in [3.05, 3.63) is 22.2 Å². The molecule has 0 saturated heterocycles. The summed E-state index contributed by atoms with van der Waals surface area (Å²) in [6, 6.07) is 1.79. The molecule has 1 rings (SSSR count). The molecule has 5 N–H and O–H groups in total. The molecule has 8 nitrogen and oxygen atoms in total. The normalized spacial score (nSPS) is 12.2. The predicted molar refractivity (Wildman–Crippen MR) is 66.7 cm³/mol. The van der Waals surface area contributed by atoms with E-state index in [1.165, 1.54) is 12.1 Å². The van der Waals surface area contributed by atoms with E-state index < -0.39 is 16.9 Å². The van der Waals surface area contributed by atoms with Gasteiger partial charge >= 0.3 is 5.69 Å². The minimum Gasteiger partial charge on any atom is -0.384 e. The Hall–Kier alpha value is -2.38. The highest BCUT2D eigenvalue weighted by atomic mass is 16.6. The number of rotatable bonds is 5. The number of carbonyl (C=O) groups is 1. The van der Waals surface area contributed by atoms with Gasteiger partial charge in [-0.2, -0.15) is 0 Å². The number of hydrogen-bond acceptors (Lipinski definition) is 6. The van der Waals surface area contributed by atoms with Gasteiger partial charge in [-0.05, 0) is 12.0 Å². The number of anilines is 2. The molecule has 1 amide bonds. The fourth-order valence-electron chi connectivity index (χ4n) is 1.43. The molecule has 1 aromatic heterocycles. The number of nitrogens with one attached hydrogen (secondary N) is 1. The van der Waals surface area contributed by atoms with Crippen LogP contribution in [-0.4, -0.2) is 21.9 Å². The third-order valence-electron chi connectivity index (χ3n) is 2.36. The molecule has 0 aliphatic carbocycles. The number of amides is 1. The van der Waals surface area contributed by atoms with Crippen LogP contribution >= 0.6 is 0 Å². The lowest BCUT2D eigenvalue weighted by Crippen LogP contribution is -2.40. The van der Waals surface area contributed by atoms with E-state index in [1.54, 1.807) is 13.8 Å². The van der Waals surface area contributed by atoms with E-state index >= 15 is 0 Å². The van der Waals surface area contributed by atoms with Gasteiger partial charge in [0.05, 0.1) is 4.92 Å². The molecule has 0 saturated carbocycles. The van der Waals surface area contributed by atoms with E-state index in [9.17, 15) is 14.9 Å². The Bertz CT molecular complexity index is 475. The Morgan fingerprint density at radius 1 is 1.50 bits per heavy atom. The summed E-state index contributed by atoms with van der Waals surface area (Å²) < 4.78 is 0. The SMILES string of the molecule is CC(C)C(Nc1nc(N)ccc1[N+](=O)[O-])C(N)=O. The Morgan fingerprint density at radius 2 is 2.11 bits per heavy atom. The van der Waals surface area contributed by atoms with Gasteiger partial charge in [-0.3, -0.25) is 14.9 Å². The number of primary amides is 1. The molecule has 1 unspecified atom stereocenters. The van der Waals surface area contributed by atoms with Gasteiger partial charge in [-0.1, -0.05) is 13.8 Å². The Morgan fingerprint density at radius 3 is 2.56 bits per heavy atom. The quantitative estimate of drug-likeness (QED) is 0.516. The van der Waals surface area contributed by atoms with Crippen molar-refractivity contribution < 1.29 is 9.72 Å². The molecule has 0 aliphatic heterocycles. The molecule has 0 fully saturated rings. The number of nitrogen functional groups attached to an aromatic ring is 1. The van der Waals surface area contributed by atoms with Crippen molar-refractivity contribution in [1.82, 2.24) is 4.98 Å². The maximum absolute atomic E-state index is 11.2. The third-order valence-corrected chi connectivity index (χ3v) is 2.36. The first-order valence-corrected chi connectivity index (χ1v) is 5.29. The number of pyridine rings is 1. The van der Waals surface area contributed by atoms with Crippen molar-refractivity contribution in [2.75, 3.05) is 11.1 Å². The molecular formula is C10H15N5O3. The fourth-order valence-corrected chi connectivity index (χ4v) is 1.43. The highest BCUT2D eigenvalue weighted by molar-refractivity contribution is 5.83. The van der Waals surface area contributed by atoms with Crippen LogP contribution in [0.1, 0.15) is 13.8 Å². The second kappa shape index (κ2) is 5.30. The molecule has 0 aromatic carbocycles. The van der Waals surface area contributed by atoms with Crippen LogP contribution in [0.5, 0.6) is 0 Å². The van der Waals surface area contributed by atoms with E-state index in [-0.39, 0.29) is 23.2 Å². The molecular weight excluding hydrogens is 238 g/mol. The largest absolute Gasteiger partial charge is 0.384 e. The van der Waals surface area contributed by atoms with Crippen LogP contribution in [0.15, 0.2) is 12.1 Å². The van der Waals surface area contributed by atoms with Gasteiger partial charge < -0.3 is 16.8 Å². The highest BCUT2D eigenvalue weighted by Gasteiger charge is 2.24. The van der Waals surface area contributed by atoms with Gasteiger partial charge in [-0.15, -0.1) is 0 Å². The zero-order chi connectivity index (χ0) is 13.9. The smallest absolute Gasteiger partial charge is 0.311 e. The summed E-state index contributed by atoms with van der Waals surface area (Å²) in [6.45, 7) is 3.53. The second-order valence-corrected chi connectivity index (χ2v) is 4.13. The first-order valence-electron chi connectivity index (χ1n) is 5.29. The summed E-state index contributed by atoms with van der Waals surface area (Å²) >= 11 is 0. The first kappa shape index (κ1) is 13.7. The van der Waals surface area contributed by atoms with Crippen LogP contribution in [0, 0.1) is 16.0 Å². The molecule has 0 radical (unpaired) electrons. The second-order valence-electron chi connectivity index (χ2n) is 4.13. The average Bonchev–Trinajstić information content (AvgIpc) is 2.24. The van der Waals surface area contributed by atoms with E-state index in [0.717, 1.165) is 0 Å². The molecule has 0 spiro atoms. The Kier molecular flexibility index (Phi) is 4.03. The summed E-state index contributed by atoms with van der Waals surface area (Å²) in [5, 5.41) is 13.5.